The first-order chi connectivity index (χ1) is 14.0. The minimum Gasteiger partial charge on any atom is -0.493 e. The number of carboxylic acids is 1. The molecule has 0 bridgehead atoms. The van der Waals surface area contributed by atoms with Crippen LogP contribution in [0.25, 0.3) is 0 Å². The van der Waals surface area contributed by atoms with Crippen molar-refractivity contribution in [3.63, 3.8) is 0 Å². The lowest BCUT2D eigenvalue weighted by molar-refractivity contribution is 0.0696. The molecule has 2 aromatic rings. The number of hydrazine groups is 1. The number of nitrogens with one attached hydrogen (secondary N) is 2. The van der Waals surface area contributed by atoms with Gasteiger partial charge in [0.15, 0.2) is 11.5 Å². The summed E-state index contributed by atoms with van der Waals surface area (Å²) in [4.78, 5) is 24.9. The zero-order chi connectivity index (χ0) is 22.6. The first-order valence-electron chi connectivity index (χ1n) is 7.90. The van der Waals surface area contributed by atoms with E-state index in [0.717, 1.165) is 12.1 Å². The van der Waals surface area contributed by atoms with Crippen LogP contribution in [0.5, 0.6) is 17.2 Å². The van der Waals surface area contributed by atoms with Crippen LogP contribution in [0.4, 0.5) is 0 Å². The molecule has 0 saturated carbocycles. The first-order valence-corrected chi connectivity index (χ1v) is 10.1. The molecule has 0 aromatic heterocycles. The number of amides is 1. The molecule has 0 aliphatic rings. The van der Waals surface area contributed by atoms with Gasteiger partial charge in [0.25, 0.3) is 15.9 Å². The average molecular weight is 479 g/mol. The quantitative estimate of drug-likeness (QED) is 0.491. The van der Waals surface area contributed by atoms with Gasteiger partial charge in [0.1, 0.15) is 4.90 Å². The van der Waals surface area contributed by atoms with Crippen molar-refractivity contribution in [3.05, 3.63) is 45.4 Å². The van der Waals surface area contributed by atoms with Gasteiger partial charge in [-0.2, -0.15) is 0 Å². The predicted octanol–water partition coefficient (Wildman–Crippen LogP) is 2.34. The molecule has 0 heterocycles. The smallest absolute Gasteiger partial charge is 0.337 e. The van der Waals surface area contributed by atoms with Crippen molar-refractivity contribution in [1.29, 1.82) is 0 Å². The van der Waals surface area contributed by atoms with Gasteiger partial charge in [-0.05, 0) is 24.3 Å². The molecule has 1 amide bonds. The predicted molar refractivity (Wildman–Crippen MR) is 107 cm³/mol. The zero-order valence-electron chi connectivity index (χ0n) is 15.8. The van der Waals surface area contributed by atoms with E-state index in [1.54, 1.807) is 0 Å². The third-order valence-electron chi connectivity index (χ3n) is 3.77. The molecule has 0 atom stereocenters. The van der Waals surface area contributed by atoms with Crippen molar-refractivity contribution in [3.8, 4) is 17.2 Å². The summed E-state index contributed by atoms with van der Waals surface area (Å²) in [6.07, 6.45) is 0. The molecule has 13 heteroatoms. The number of hydrogen-bond acceptors (Lipinski definition) is 7. The number of ether oxygens (including phenoxy) is 3. The molecule has 0 fully saturated rings. The van der Waals surface area contributed by atoms with Crippen LogP contribution in [0.2, 0.25) is 10.0 Å². The number of aromatic carboxylic acids is 1. The number of carbonyl (C=O) groups is 2. The summed E-state index contributed by atoms with van der Waals surface area (Å²) in [6.45, 7) is 0. The third kappa shape index (κ3) is 4.87. The second-order valence-electron chi connectivity index (χ2n) is 5.54. The van der Waals surface area contributed by atoms with Crippen LogP contribution in [0.1, 0.15) is 20.7 Å². The summed E-state index contributed by atoms with van der Waals surface area (Å²) < 4.78 is 40.4. The molecular weight excluding hydrogens is 463 g/mol. The van der Waals surface area contributed by atoms with Crippen molar-refractivity contribution in [2.24, 2.45) is 0 Å². The summed E-state index contributed by atoms with van der Waals surface area (Å²) in [5.74, 6) is -1.71. The van der Waals surface area contributed by atoms with Gasteiger partial charge in [0.2, 0.25) is 5.75 Å². The Hall–Kier alpha value is -2.73. The summed E-state index contributed by atoms with van der Waals surface area (Å²) in [5.41, 5.74) is 1.51. The Morgan fingerprint density at radius 1 is 0.933 bits per heavy atom. The van der Waals surface area contributed by atoms with Crippen molar-refractivity contribution in [2.45, 2.75) is 4.90 Å². The summed E-state index contributed by atoms with van der Waals surface area (Å²) in [6, 6.07) is 4.37. The number of benzene rings is 2. The van der Waals surface area contributed by atoms with E-state index >= 15 is 0 Å². The van der Waals surface area contributed by atoms with Gasteiger partial charge in [0, 0.05) is 5.56 Å². The molecule has 162 valence electrons. The van der Waals surface area contributed by atoms with Crippen molar-refractivity contribution in [1.82, 2.24) is 10.3 Å². The van der Waals surface area contributed by atoms with E-state index in [1.807, 2.05) is 10.3 Å². The van der Waals surface area contributed by atoms with Gasteiger partial charge in [-0.25, -0.2) is 13.2 Å². The number of halogens is 2. The molecule has 0 aliphatic heterocycles. The molecule has 0 aliphatic carbocycles. The Morgan fingerprint density at radius 2 is 1.50 bits per heavy atom. The summed E-state index contributed by atoms with van der Waals surface area (Å²) >= 11 is 11.6. The van der Waals surface area contributed by atoms with Gasteiger partial charge in [-0.3, -0.25) is 10.2 Å². The van der Waals surface area contributed by atoms with E-state index in [-0.39, 0.29) is 32.9 Å². The molecule has 30 heavy (non-hydrogen) atoms. The van der Waals surface area contributed by atoms with Crippen molar-refractivity contribution < 1.29 is 37.3 Å². The Kier molecular flexibility index (Phi) is 7.37. The highest BCUT2D eigenvalue weighted by Gasteiger charge is 2.24. The SMILES string of the molecule is COc1cc(C(=O)NNS(=O)(=O)c2cc(C(=O)O)c(Cl)cc2Cl)cc(OC)c1OC. The van der Waals surface area contributed by atoms with Crippen LogP contribution in [0.15, 0.2) is 29.2 Å². The van der Waals surface area contributed by atoms with Gasteiger partial charge >= 0.3 is 5.97 Å². The lowest BCUT2D eigenvalue weighted by atomic mass is 10.1. The first kappa shape index (κ1) is 23.5. The number of rotatable bonds is 8. The fourth-order valence-electron chi connectivity index (χ4n) is 2.35. The number of hydrogen-bond donors (Lipinski definition) is 3. The zero-order valence-corrected chi connectivity index (χ0v) is 18.1. The lowest BCUT2D eigenvalue weighted by Gasteiger charge is -2.15. The highest BCUT2D eigenvalue weighted by atomic mass is 35.5. The molecule has 2 rings (SSSR count). The normalized spacial score (nSPS) is 11.0. The summed E-state index contributed by atoms with van der Waals surface area (Å²) in [7, 11) is -0.347. The highest BCUT2D eigenvalue weighted by Crippen LogP contribution is 2.38. The fourth-order valence-corrected chi connectivity index (χ4v) is 4.05. The van der Waals surface area contributed by atoms with Crippen LogP contribution in [0.3, 0.4) is 0 Å². The lowest BCUT2D eigenvalue weighted by Crippen LogP contribution is -2.41. The third-order valence-corrected chi connectivity index (χ3v) is 5.79. The van der Waals surface area contributed by atoms with Crippen molar-refractivity contribution >= 4 is 45.1 Å². The standard InChI is InChI=1S/C17H16Cl2N2O8S/c1-27-12-4-8(5-13(28-2)15(12)29-3)16(22)20-21-30(25,26)14-6-9(17(23)24)10(18)7-11(14)19/h4-7,21H,1-3H3,(H,20,22)(H,23,24). The van der Waals surface area contributed by atoms with Crippen molar-refractivity contribution in [2.75, 3.05) is 21.3 Å². The maximum atomic E-state index is 12.5. The minimum atomic E-state index is -4.43. The van der Waals surface area contributed by atoms with Gasteiger partial charge in [0.05, 0.1) is 36.9 Å². The van der Waals surface area contributed by atoms with Gasteiger partial charge in [-0.1, -0.05) is 23.2 Å². The Morgan fingerprint density at radius 3 is 1.97 bits per heavy atom. The van der Waals surface area contributed by atoms with Gasteiger partial charge < -0.3 is 19.3 Å². The maximum absolute atomic E-state index is 12.5. The monoisotopic (exact) mass is 478 g/mol. The van der Waals surface area contributed by atoms with E-state index in [9.17, 15) is 18.0 Å². The second-order valence-corrected chi connectivity index (χ2v) is 8.01. The fraction of sp³-hybridized carbons (Fsp3) is 0.176. The van der Waals surface area contributed by atoms with E-state index in [0.29, 0.717) is 0 Å². The minimum absolute atomic E-state index is 0.0133. The molecule has 0 radical (unpaired) electrons. The van der Waals surface area contributed by atoms with E-state index in [4.69, 9.17) is 42.5 Å². The Balaban J connectivity index is 2.32. The molecular formula is C17H16Cl2N2O8S. The highest BCUT2D eigenvalue weighted by molar-refractivity contribution is 7.89. The molecule has 2 aromatic carbocycles. The molecule has 10 nitrogen and oxygen atoms in total. The second kappa shape index (κ2) is 9.39. The molecule has 0 saturated heterocycles. The topological polar surface area (TPSA) is 140 Å². The number of carbonyl (C=O) groups excluding carboxylic acids is 1. The molecule has 0 spiro atoms. The number of methoxy groups -OCH3 is 3. The maximum Gasteiger partial charge on any atom is 0.337 e. The Bertz CT molecular complexity index is 1080. The molecule has 3 N–H and O–H groups in total. The average Bonchev–Trinajstić information content (AvgIpc) is 2.70. The van der Waals surface area contributed by atoms with Gasteiger partial charge in [-0.15, -0.1) is 4.83 Å². The molecule has 0 unspecified atom stereocenters. The number of sulfonamides is 1. The van der Waals surface area contributed by atoms with E-state index in [1.165, 1.54) is 33.5 Å². The van der Waals surface area contributed by atoms with E-state index in [2.05, 4.69) is 0 Å². The van der Waals surface area contributed by atoms with Crippen LogP contribution >= 0.6 is 23.2 Å². The van der Waals surface area contributed by atoms with E-state index < -0.39 is 32.4 Å². The van der Waals surface area contributed by atoms with Crippen LogP contribution < -0.4 is 24.5 Å². The van der Waals surface area contributed by atoms with Crippen LogP contribution in [-0.4, -0.2) is 46.7 Å². The largest absolute Gasteiger partial charge is 0.493 e. The van der Waals surface area contributed by atoms with Crippen LogP contribution in [-0.2, 0) is 10.0 Å². The summed E-state index contributed by atoms with van der Waals surface area (Å²) in [5, 5.41) is 8.53. The number of carboxylic acid groups (broad SMARTS) is 1. The Labute approximate surface area is 181 Å². The van der Waals surface area contributed by atoms with Crippen LogP contribution in [0, 0.1) is 0 Å².